The summed E-state index contributed by atoms with van der Waals surface area (Å²) in [5.41, 5.74) is -2.43. The number of nitriles is 1. The van der Waals surface area contributed by atoms with E-state index < -0.39 is 23.7 Å². The van der Waals surface area contributed by atoms with Crippen LogP contribution >= 0.6 is 0 Å². The second kappa shape index (κ2) is 8.93. The highest BCUT2D eigenvalue weighted by Crippen LogP contribution is 2.31. The highest BCUT2D eigenvalue weighted by Gasteiger charge is 2.33. The van der Waals surface area contributed by atoms with Crippen molar-refractivity contribution < 1.29 is 26.3 Å². The Morgan fingerprint density at radius 3 is 2.17 bits per heavy atom. The fourth-order valence-electron chi connectivity index (χ4n) is 2.82. The van der Waals surface area contributed by atoms with Gasteiger partial charge in [0.25, 0.3) is 0 Å². The van der Waals surface area contributed by atoms with Crippen LogP contribution in [0.15, 0.2) is 54.9 Å². The van der Waals surface area contributed by atoms with Crippen molar-refractivity contribution in [3.63, 3.8) is 0 Å². The second-order valence-electron chi connectivity index (χ2n) is 6.81. The van der Waals surface area contributed by atoms with E-state index in [0.717, 1.165) is 18.3 Å². The molecule has 1 N–H and O–H groups in total. The number of pyridine rings is 3. The molecule has 4 heterocycles. The standard InChI is InChI=1S/C21H10F6N8/c22-20(23,24)15-3-1-2-14(32-15)18-33-17(11-4-6-29-13(8-11)10-28)34-19(35-18)31-12-5-7-30-16(9-12)21(25,26)27/h1-9H,(H,30,31,33,34,35). The molecule has 0 aromatic carbocycles. The summed E-state index contributed by atoms with van der Waals surface area (Å²) in [4.78, 5) is 23.0. The lowest BCUT2D eigenvalue weighted by atomic mass is 10.2. The summed E-state index contributed by atoms with van der Waals surface area (Å²) in [6.45, 7) is 0. The van der Waals surface area contributed by atoms with Crippen LogP contribution in [0.25, 0.3) is 22.9 Å². The van der Waals surface area contributed by atoms with Gasteiger partial charge in [-0.15, -0.1) is 0 Å². The van der Waals surface area contributed by atoms with Gasteiger partial charge in [0.2, 0.25) is 5.95 Å². The molecule has 0 atom stereocenters. The Morgan fingerprint density at radius 1 is 0.743 bits per heavy atom. The van der Waals surface area contributed by atoms with Gasteiger partial charge < -0.3 is 5.32 Å². The number of nitrogens with zero attached hydrogens (tertiary/aromatic N) is 7. The molecule has 0 fully saturated rings. The number of nitrogens with one attached hydrogen (secondary N) is 1. The topological polar surface area (TPSA) is 113 Å². The zero-order valence-electron chi connectivity index (χ0n) is 17.1. The number of hydrogen-bond acceptors (Lipinski definition) is 8. The van der Waals surface area contributed by atoms with Crippen molar-refractivity contribution >= 4 is 11.6 Å². The smallest absolute Gasteiger partial charge is 0.324 e. The van der Waals surface area contributed by atoms with E-state index in [-0.39, 0.29) is 40.2 Å². The van der Waals surface area contributed by atoms with E-state index in [1.54, 1.807) is 0 Å². The van der Waals surface area contributed by atoms with E-state index in [4.69, 9.17) is 5.26 Å². The van der Waals surface area contributed by atoms with Gasteiger partial charge in [0.1, 0.15) is 28.8 Å². The lowest BCUT2D eigenvalue weighted by Gasteiger charge is -2.12. The summed E-state index contributed by atoms with van der Waals surface area (Å²) in [5, 5.41) is 11.7. The third kappa shape index (κ3) is 5.46. The molecule has 8 nitrogen and oxygen atoms in total. The van der Waals surface area contributed by atoms with Crippen molar-refractivity contribution in [3.8, 4) is 29.0 Å². The van der Waals surface area contributed by atoms with Crippen molar-refractivity contribution in [2.75, 3.05) is 5.32 Å². The van der Waals surface area contributed by atoms with E-state index in [2.05, 4.69) is 35.2 Å². The van der Waals surface area contributed by atoms with Crippen LogP contribution in [0.2, 0.25) is 0 Å². The predicted octanol–water partition coefficient (Wildman–Crippen LogP) is 5.04. The monoisotopic (exact) mass is 488 g/mol. The molecule has 0 radical (unpaired) electrons. The molecule has 4 rings (SSSR count). The first-order valence-electron chi connectivity index (χ1n) is 9.50. The molecule has 35 heavy (non-hydrogen) atoms. The first-order chi connectivity index (χ1) is 16.5. The Bertz CT molecular complexity index is 1430. The molecular weight excluding hydrogens is 478 g/mol. The fourth-order valence-corrected chi connectivity index (χ4v) is 2.82. The number of hydrogen-bond donors (Lipinski definition) is 1. The summed E-state index contributed by atoms with van der Waals surface area (Å²) >= 11 is 0. The number of alkyl halides is 6. The minimum absolute atomic E-state index is 0.0140. The van der Waals surface area contributed by atoms with Gasteiger partial charge in [-0.3, -0.25) is 4.98 Å². The molecule has 4 aromatic rings. The van der Waals surface area contributed by atoms with E-state index in [0.29, 0.717) is 6.07 Å². The van der Waals surface area contributed by atoms with Crippen LogP contribution in [0, 0.1) is 11.3 Å². The van der Waals surface area contributed by atoms with Crippen LogP contribution in [0.1, 0.15) is 17.1 Å². The third-order valence-electron chi connectivity index (χ3n) is 4.34. The van der Waals surface area contributed by atoms with Crippen molar-refractivity contribution in [2.24, 2.45) is 0 Å². The molecule has 0 bridgehead atoms. The molecule has 0 amide bonds. The zero-order chi connectivity index (χ0) is 25.2. The molecule has 0 aliphatic carbocycles. The first-order valence-corrected chi connectivity index (χ1v) is 9.50. The summed E-state index contributed by atoms with van der Waals surface area (Å²) in [5.74, 6) is -0.649. The Kier molecular flexibility index (Phi) is 6.00. The molecule has 176 valence electrons. The van der Waals surface area contributed by atoms with Crippen molar-refractivity contribution in [3.05, 3.63) is 71.9 Å². The Balaban J connectivity index is 1.83. The van der Waals surface area contributed by atoms with Gasteiger partial charge in [-0.05, 0) is 36.4 Å². The lowest BCUT2D eigenvalue weighted by Crippen LogP contribution is -2.10. The van der Waals surface area contributed by atoms with Gasteiger partial charge in [-0.1, -0.05) is 6.07 Å². The van der Waals surface area contributed by atoms with Gasteiger partial charge in [0.05, 0.1) is 0 Å². The third-order valence-corrected chi connectivity index (χ3v) is 4.34. The SMILES string of the molecule is N#Cc1cc(-c2nc(Nc3ccnc(C(F)(F)F)c3)nc(-c3cccc(C(F)(F)F)n3)n2)ccn1. The summed E-state index contributed by atoms with van der Waals surface area (Å²) in [6, 6.07) is 9.66. The normalized spacial score (nSPS) is 11.7. The molecule has 0 saturated heterocycles. The number of halogens is 6. The van der Waals surface area contributed by atoms with Gasteiger partial charge >= 0.3 is 12.4 Å². The van der Waals surface area contributed by atoms with Crippen molar-refractivity contribution in [1.29, 1.82) is 5.26 Å². The van der Waals surface area contributed by atoms with E-state index >= 15 is 0 Å². The lowest BCUT2D eigenvalue weighted by molar-refractivity contribution is -0.141. The van der Waals surface area contributed by atoms with Crippen molar-refractivity contribution in [2.45, 2.75) is 12.4 Å². The van der Waals surface area contributed by atoms with E-state index in [9.17, 15) is 26.3 Å². The maximum absolute atomic E-state index is 13.1. The average molecular weight is 488 g/mol. The minimum Gasteiger partial charge on any atom is -0.324 e. The Hall–Kier alpha value is -4.67. The van der Waals surface area contributed by atoms with Crippen LogP contribution < -0.4 is 5.32 Å². The molecule has 0 spiro atoms. The van der Waals surface area contributed by atoms with Crippen molar-refractivity contribution in [1.82, 2.24) is 29.9 Å². The van der Waals surface area contributed by atoms with Gasteiger partial charge in [0.15, 0.2) is 11.6 Å². The first kappa shape index (κ1) is 23.5. The van der Waals surface area contributed by atoms with Gasteiger partial charge in [0, 0.05) is 23.6 Å². The van der Waals surface area contributed by atoms with Crippen LogP contribution in [0.5, 0.6) is 0 Å². The molecular formula is C21H10F6N8. The predicted molar refractivity (Wildman–Crippen MR) is 109 cm³/mol. The second-order valence-corrected chi connectivity index (χ2v) is 6.81. The molecule has 0 aliphatic heterocycles. The quantitative estimate of drug-likeness (QED) is 0.398. The molecule has 0 saturated carbocycles. The summed E-state index contributed by atoms with van der Waals surface area (Å²) in [7, 11) is 0. The zero-order valence-corrected chi connectivity index (χ0v) is 17.1. The van der Waals surface area contributed by atoms with E-state index in [1.807, 2.05) is 6.07 Å². The minimum atomic E-state index is -4.73. The molecule has 4 aromatic heterocycles. The number of rotatable bonds is 4. The Labute approximate surface area is 192 Å². The highest BCUT2D eigenvalue weighted by molar-refractivity contribution is 5.64. The Morgan fingerprint density at radius 2 is 1.46 bits per heavy atom. The van der Waals surface area contributed by atoms with E-state index in [1.165, 1.54) is 30.5 Å². The van der Waals surface area contributed by atoms with Crippen LogP contribution in [0.3, 0.4) is 0 Å². The largest absolute Gasteiger partial charge is 0.433 e. The summed E-state index contributed by atoms with van der Waals surface area (Å²) < 4.78 is 78.5. The maximum atomic E-state index is 13.1. The van der Waals surface area contributed by atoms with Crippen LogP contribution in [-0.4, -0.2) is 29.9 Å². The maximum Gasteiger partial charge on any atom is 0.433 e. The number of aromatic nitrogens is 6. The van der Waals surface area contributed by atoms with Gasteiger partial charge in [-0.2, -0.15) is 41.6 Å². The number of anilines is 2. The molecule has 14 heteroatoms. The molecule has 0 aliphatic rings. The van der Waals surface area contributed by atoms with Crippen LogP contribution in [-0.2, 0) is 12.4 Å². The van der Waals surface area contributed by atoms with Crippen LogP contribution in [0.4, 0.5) is 38.0 Å². The summed E-state index contributed by atoms with van der Waals surface area (Å²) in [6.07, 6.45) is -7.22. The average Bonchev–Trinajstić information content (AvgIpc) is 2.83. The van der Waals surface area contributed by atoms with Gasteiger partial charge in [-0.25, -0.2) is 15.0 Å². The molecule has 0 unspecified atom stereocenters. The highest BCUT2D eigenvalue weighted by atomic mass is 19.4. The fraction of sp³-hybridized carbons (Fsp3) is 0.0952.